The molecule has 0 atom stereocenters. The Kier molecular flexibility index (Phi) is 4.52. The van der Waals surface area contributed by atoms with Gasteiger partial charge in [-0.3, -0.25) is 15.0 Å². The maximum Gasteiger partial charge on any atom is 0.234 e. The van der Waals surface area contributed by atoms with Gasteiger partial charge in [-0.1, -0.05) is 12.1 Å². The average Bonchev–Trinajstić information content (AvgIpc) is 2.39. The molecule has 0 saturated heterocycles. The second kappa shape index (κ2) is 6.33. The molecular formula is C14H19N3O2. The maximum atomic E-state index is 11.3. The average molecular weight is 261 g/mol. The number of amides is 2. The zero-order valence-electron chi connectivity index (χ0n) is 11.1. The smallest absolute Gasteiger partial charge is 0.234 e. The van der Waals surface area contributed by atoms with Gasteiger partial charge in [0.25, 0.3) is 0 Å². The van der Waals surface area contributed by atoms with Crippen LogP contribution in [0.5, 0.6) is 0 Å². The van der Waals surface area contributed by atoms with Crippen LogP contribution in [-0.2, 0) is 22.4 Å². The van der Waals surface area contributed by atoms with E-state index in [2.05, 4.69) is 22.2 Å². The lowest BCUT2D eigenvalue weighted by molar-refractivity contribution is -0.122. The molecule has 0 aromatic heterocycles. The number of anilines is 1. The zero-order valence-corrected chi connectivity index (χ0v) is 11.1. The van der Waals surface area contributed by atoms with Gasteiger partial charge in [-0.15, -0.1) is 0 Å². The highest BCUT2D eigenvalue weighted by molar-refractivity contribution is 5.93. The summed E-state index contributed by atoms with van der Waals surface area (Å²) in [6.07, 6.45) is 3.56. The van der Waals surface area contributed by atoms with E-state index < -0.39 is 0 Å². The van der Waals surface area contributed by atoms with Crippen molar-refractivity contribution in [1.29, 1.82) is 0 Å². The van der Waals surface area contributed by atoms with E-state index in [0.717, 1.165) is 24.9 Å². The van der Waals surface area contributed by atoms with Crippen LogP contribution in [0.1, 0.15) is 30.4 Å². The van der Waals surface area contributed by atoms with Crippen LogP contribution in [0.3, 0.4) is 0 Å². The maximum absolute atomic E-state index is 11.3. The number of benzene rings is 1. The first-order valence-electron chi connectivity index (χ1n) is 6.56. The highest BCUT2D eigenvalue weighted by Crippen LogP contribution is 2.24. The number of carbonyl (C=O) groups excluding carboxylic acids is 2. The van der Waals surface area contributed by atoms with E-state index in [1.807, 2.05) is 12.1 Å². The first kappa shape index (κ1) is 13.5. The van der Waals surface area contributed by atoms with E-state index in [0.29, 0.717) is 12.8 Å². The van der Waals surface area contributed by atoms with Crippen LogP contribution in [0.4, 0.5) is 5.69 Å². The van der Waals surface area contributed by atoms with Crippen molar-refractivity contribution >= 4 is 17.5 Å². The monoisotopic (exact) mass is 261 g/mol. The van der Waals surface area contributed by atoms with Crippen LogP contribution >= 0.6 is 0 Å². The van der Waals surface area contributed by atoms with Gasteiger partial charge < -0.3 is 5.32 Å². The summed E-state index contributed by atoms with van der Waals surface area (Å²) in [5.74, 6) is 0.0942. The fraction of sp³-hybridized carbons (Fsp3) is 0.429. The number of hydrogen-bond donors (Lipinski definition) is 3. The third-order valence-corrected chi connectivity index (χ3v) is 3.20. The molecule has 1 aliphatic rings. The molecule has 0 fully saturated rings. The quantitative estimate of drug-likeness (QED) is 0.696. The number of carbonyl (C=O) groups is 2. The molecule has 1 aromatic rings. The molecule has 102 valence electrons. The standard InChI is InChI=1S/C14H19N3O2/c1-15-17-14(19)4-2-3-10-5-7-12-11(9-10)6-8-13(18)16-12/h5,7,9,15H,2-4,6,8H2,1H3,(H,16,18)(H,17,19). The molecule has 0 spiro atoms. The second-order valence-electron chi connectivity index (χ2n) is 4.69. The minimum absolute atomic E-state index is 0.00715. The van der Waals surface area contributed by atoms with Crippen molar-refractivity contribution in [2.75, 3.05) is 12.4 Å². The SMILES string of the molecule is CNNC(=O)CCCc1ccc2c(c1)CCC(=O)N2. The third kappa shape index (κ3) is 3.79. The highest BCUT2D eigenvalue weighted by Gasteiger charge is 2.14. The summed E-state index contributed by atoms with van der Waals surface area (Å²) in [6.45, 7) is 0. The molecule has 5 heteroatoms. The summed E-state index contributed by atoms with van der Waals surface area (Å²) >= 11 is 0. The minimum Gasteiger partial charge on any atom is -0.326 e. The largest absolute Gasteiger partial charge is 0.326 e. The molecule has 0 saturated carbocycles. The first-order chi connectivity index (χ1) is 9.19. The van der Waals surface area contributed by atoms with E-state index in [4.69, 9.17) is 0 Å². The van der Waals surface area contributed by atoms with E-state index in [1.165, 1.54) is 11.1 Å². The van der Waals surface area contributed by atoms with Gasteiger partial charge in [-0.05, 0) is 36.5 Å². The predicted octanol–water partition coefficient (Wildman–Crippen LogP) is 1.14. The van der Waals surface area contributed by atoms with Gasteiger partial charge in [0.1, 0.15) is 0 Å². The van der Waals surface area contributed by atoms with Gasteiger partial charge in [0.2, 0.25) is 11.8 Å². The molecule has 3 N–H and O–H groups in total. The number of hydrogen-bond acceptors (Lipinski definition) is 3. The Bertz CT molecular complexity index is 486. The van der Waals surface area contributed by atoms with Crippen molar-refractivity contribution in [3.63, 3.8) is 0 Å². The topological polar surface area (TPSA) is 70.2 Å². The first-order valence-corrected chi connectivity index (χ1v) is 6.56. The Morgan fingerprint density at radius 2 is 2.21 bits per heavy atom. The molecular weight excluding hydrogens is 242 g/mol. The fourth-order valence-electron chi connectivity index (χ4n) is 2.25. The van der Waals surface area contributed by atoms with Crippen LogP contribution in [0, 0.1) is 0 Å². The lowest BCUT2D eigenvalue weighted by atomic mass is 9.98. The van der Waals surface area contributed by atoms with Crippen LogP contribution in [0.2, 0.25) is 0 Å². The lowest BCUT2D eigenvalue weighted by Crippen LogP contribution is -2.33. The number of hydrazine groups is 1. The van der Waals surface area contributed by atoms with Crippen molar-refractivity contribution in [3.8, 4) is 0 Å². The van der Waals surface area contributed by atoms with E-state index in [9.17, 15) is 9.59 Å². The van der Waals surface area contributed by atoms with Crippen molar-refractivity contribution in [3.05, 3.63) is 29.3 Å². The van der Waals surface area contributed by atoms with Crippen LogP contribution in [-0.4, -0.2) is 18.9 Å². The predicted molar refractivity (Wildman–Crippen MR) is 73.5 cm³/mol. The van der Waals surface area contributed by atoms with Gasteiger partial charge in [0.05, 0.1) is 0 Å². The molecule has 2 rings (SSSR count). The normalized spacial score (nSPS) is 13.6. The van der Waals surface area contributed by atoms with E-state index in [-0.39, 0.29) is 11.8 Å². The van der Waals surface area contributed by atoms with Crippen LogP contribution in [0.25, 0.3) is 0 Å². The minimum atomic E-state index is 0.00715. The summed E-state index contributed by atoms with van der Waals surface area (Å²) in [5, 5.41) is 2.87. The third-order valence-electron chi connectivity index (χ3n) is 3.20. The Morgan fingerprint density at radius 3 is 3.00 bits per heavy atom. The summed E-state index contributed by atoms with van der Waals surface area (Å²) in [4.78, 5) is 22.5. The van der Waals surface area contributed by atoms with E-state index >= 15 is 0 Å². The summed E-state index contributed by atoms with van der Waals surface area (Å²) < 4.78 is 0. The van der Waals surface area contributed by atoms with Crippen molar-refractivity contribution in [1.82, 2.24) is 10.9 Å². The molecule has 0 aliphatic carbocycles. The molecule has 19 heavy (non-hydrogen) atoms. The number of fused-ring (bicyclic) bond motifs is 1. The molecule has 0 unspecified atom stereocenters. The van der Waals surface area contributed by atoms with Gasteiger partial charge in [-0.2, -0.15) is 0 Å². The van der Waals surface area contributed by atoms with Gasteiger partial charge in [-0.25, -0.2) is 5.43 Å². The lowest BCUT2D eigenvalue weighted by Gasteiger charge is -2.17. The Hall–Kier alpha value is -1.88. The van der Waals surface area contributed by atoms with Crippen molar-refractivity contribution in [2.24, 2.45) is 0 Å². The van der Waals surface area contributed by atoms with Crippen molar-refractivity contribution in [2.45, 2.75) is 32.1 Å². The number of nitrogens with one attached hydrogen (secondary N) is 3. The summed E-state index contributed by atoms with van der Waals surface area (Å²) in [5.41, 5.74) is 8.50. The Balaban J connectivity index is 1.88. The van der Waals surface area contributed by atoms with Gasteiger partial charge in [0.15, 0.2) is 0 Å². The molecule has 5 nitrogen and oxygen atoms in total. The molecule has 2 amide bonds. The molecule has 1 heterocycles. The van der Waals surface area contributed by atoms with E-state index in [1.54, 1.807) is 7.05 Å². The summed E-state index contributed by atoms with van der Waals surface area (Å²) in [7, 11) is 1.68. The molecule has 0 radical (unpaired) electrons. The molecule has 0 bridgehead atoms. The number of aryl methyl sites for hydroxylation is 2. The van der Waals surface area contributed by atoms with Crippen LogP contribution in [0.15, 0.2) is 18.2 Å². The molecule has 1 aromatic carbocycles. The Morgan fingerprint density at radius 1 is 1.37 bits per heavy atom. The number of rotatable bonds is 5. The zero-order chi connectivity index (χ0) is 13.7. The van der Waals surface area contributed by atoms with Gasteiger partial charge in [0, 0.05) is 25.6 Å². The van der Waals surface area contributed by atoms with Gasteiger partial charge >= 0.3 is 0 Å². The fourth-order valence-corrected chi connectivity index (χ4v) is 2.25. The molecule has 1 aliphatic heterocycles. The second-order valence-corrected chi connectivity index (χ2v) is 4.69. The Labute approximate surface area is 112 Å². The highest BCUT2D eigenvalue weighted by atomic mass is 16.2. The summed E-state index contributed by atoms with van der Waals surface area (Å²) in [6, 6.07) is 6.10. The van der Waals surface area contributed by atoms with Crippen molar-refractivity contribution < 1.29 is 9.59 Å². The van der Waals surface area contributed by atoms with Crippen LogP contribution < -0.4 is 16.2 Å².